The van der Waals surface area contributed by atoms with Gasteiger partial charge in [-0.2, -0.15) is 0 Å². The number of nitrogen functional groups attached to an aromatic ring is 1. The molecule has 0 amide bonds. The molecule has 2 N–H and O–H groups in total. The Morgan fingerprint density at radius 1 is 1.15 bits per heavy atom. The van der Waals surface area contributed by atoms with E-state index in [0.717, 1.165) is 11.1 Å². The number of nitrogens with zero attached hydrogens (tertiary/aromatic N) is 1. The smallest absolute Gasteiger partial charge is 0.270 e. The van der Waals surface area contributed by atoms with Crippen molar-refractivity contribution < 1.29 is 9.72 Å². The number of nitro benzene ring substituents is 1. The molecule has 2 aromatic rings. The van der Waals surface area contributed by atoms with Crippen molar-refractivity contribution in [2.24, 2.45) is 0 Å². The molecule has 0 fully saturated rings. The summed E-state index contributed by atoms with van der Waals surface area (Å²) in [5, 5.41) is 10.7. The number of carbonyl (C=O) groups excluding carboxylic acids is 1. The molecular formula is C15H14N2O3. The zero-order valence-electron chi connectivity index (χ0n) is 11.2. The van der Waals surface area contributed by atoms with Crippen molar-refractivity contribution in [3.8, 4) is 0 Å². The lowest BCUT2D eigenvalue weighted by Crippen LogP contribution is -2.07. The summed E-state index contributed by atoms with van der Waals surface area (Å²) in [5.41, 5.74) is 8.72. The van der Waals surface area contributed by atoms with Gasteiger partial charge in [0.15, 0.2) is 5.78 Å². The minimum Gasteiger partial charge on any atom is -0.398 e. The van der Waals surface area contributed by atoms with Crippen LogP contribution in [0.15, 0.2) is 36.4 Å². The van der Waals surface area contributed by atoms with Crippen molar-refractivity contribution in [1.82, 2.24) is 0 Å². The van der Waals surface area contributed by atoms with Crippen LogP contribution in [-0.4, -0.2) is 10.7 Å². The minimum atomic E-state index is -0.527. The number of nitro groups is 1. The molecule has 0 aromatic heterocycles. The first-order valence-corrected chi connectivity index (χ1v) is 6.06. The minimum absolute atomic E-state index is 0.113. The lowest BCUT2D eigenvalue weighted by Gasteiger charge is -2.08. The van der Waals surface area contributed by atoms with Gasteiger partial charge in [-0.3, -0.25) is 14.9 Å². The van der Waals surface area contributed by atoms with Crippen LogP contribution in [0.5, 0.6) is 0 Å². The molecular weight excluding hydrogens is 256 g/mol. The summed E-state index contributed by atoms with van der Waals surface area (Å²) in [4.78, 5) is 22.6. The highest BCUT2D eigenvalue weighted by atomic mass is 16.6. The maximum absolute atomic E-state index is 12.4. The summed E-state index contributed by atoms with van der Waals surface area (Å²) in [5.74, 6) is -0.311. The highest BCUT2D eigenvalue weighted by molar-refractivity contribution is 6.12. The summed E-state index contributed by atoms with van der Waals surface area (Å²) in [7, 11) is 0. The molecule has 0 heterocycles. The predicted octanol–water partition coefficient (Wildman–Crippen LogP) is 3.02. The van der Waals surface area contributed by atoms with Crippen molar-refractivity contribution in [2.45, 2.75) is 13.8 Å². The molecule has 20 heavy (non-hydrogen) atoms. The molecule has 0 radical (unpaired) electrons. The van der Waals surface area contributed by atoms with E-state index in [4.69, 9.17) is 5.73 Å². The first-order chi connectivity index (χ1) is 9.40. The van der Waals surface area contributed by atoms with E-state index in [1.165, 1.54) is 18.2 Å². The van der Waals surface area contributed by atoms with Gasteiger partial charge in [0.05, 0.1) is 4.92 Å². The zero-order valence-corrected chi connectivity index (χ0v) is 11.2. The fraction of sp³-hybridized carbons (Fsp3) is 0.133. The SMILES string of the molecule is Cc1cc(N)c(C(=O)c2cccc([N+](=O)[O-])c2)cc1C. The lowest BCUT2D eigenvalue weighted by atomic mass is 9.97. The number of benzene rings is 2. The van der Waals surface area contributed by atoms with Gasteiger partial charge in [-0.15, -0.1) is 0 Å². The summed E-state index contributed by atoms with van der Waals surface area (Å²) in [6.45, 7) is 3.80. The molecule has 2 rings (SSSR count). The standard InChI is InChI=1S/C15H14N2O3/c1-9-6-13(14(16)7-10(9)2)15(18)11-4-3-5-12(8-11)17(19)20/h3-8H,16H2,1-2H3. The molecule has 0 saturated carbocycles. The number of nitrogens with two attached hydrogens (primary N) is 1. The average Bonchev–Trinajstić information content (AvgIpc) is 2.42. The molecule has 102 valence electrons. The van der Waals surface area contributed by atoms with Gasteiger partial charge < -0.3 is 5.73 Å². The summed E-state index contributed by atoms with van der Waals surface area (Å²) < 4.78 is 0. The lowest BCUT2D eigenvalue weighted by molar-refractivity contribution is -0.384. The highest BCUT2D eigenvalue weighted by Gasteiger charge is 2.16. The third-order valence-electron chi connectivity index (χ3n) is 3.23. The van der Waals surface area contributed by atoms with Crippen LogP contribution in [0.4, 0.5) is 11.4 Å². The maximum atomic E-state index is 12.4. The van der Waals surface area contributed by atoms with Crippen molar-refractivity contribution in [1.29, 1.82) is 0 Å². The average molecular weight is 270 g/mol. The third kappa shape index (κ3) is 2.51. The van der Waals surface area contributed by atoms with Gasteiger partial charge in [-0.25, -0.2) is 0 Å². The molecule has 0 atom stereocenters. The summed E-state index contributed by atoms with van der Waals surface area (Å²) >= 11 is 0. The maximum Gasteiger partial charge on any atom is 0.270 e. The molecule has 0 saturated heterocycles. The van der Waals surface area contributed by atoms with E-state index in [-0.39, 0.29) is 17.0 Å². The molecule has 0 aliphatic heterocycles. The second-order valence-electron chi connectivity index (χ2n) is 4.66. The van der Waals surface area contributed by atoms with Crippen LogP contribution in [0.3, 0.4) is 0 Å². The van der Waals surface area contributed by atoms with Crippen LogP contribution in [0.25, 0.3) is 0 Å². The van der Waals surface area contributed by atoms with Crippen LogP contribution >= 0.6 is 0 Å². The van der Waals surface area contributed by atoms with E-state index in [1.807, 2.05) is 13.8 Å². The van der Waals surface area contributed by atoms with Gasteiger partial charge in [-0.1, -0.05) is 12.1 Å². The number of aryl methyl sites for hydroxylation is 2. The largest absolute Gasteiger partial charge is 0.398 e. The molecule has 2 aromatic carbocycles. The number of rotatable bonds is 3. The Bertz CT molecular complexity index is 708. The van der Waals surface area contributed by atoms with Crippen molar-refractivity contribution in [2.75, 3.05) is 5.73 Å². The van der Waals surface area contributed by atoms with Gasteiger partial charge >= 0.3 is 0 Å². The van der Waals surface area contributed by atoms with Gasteiger partial charge in [0.2, 0.25) is 0 Å². The molecule has 0 bridgehead atoms. The van der Waals surface area contributed by atoms with E-state index < -0.39 is 4.92 Å². The Hall–Kier alpha value is -2.69. The summed E-state index contributed by atoms with van der Waals surface area (Å²) in [6.07, 6.45) is 0. The van der Waals surface area contributed by atoms with Crippen molar-refractivity contribution >= 4 is 17.2 Å². The predicted molar refractivity (Wildman–Crippen MR) is 76.9 cm³/mol. The van der Waals surface area contributed by atoms with Crippen LogP contribution in [0, 0.1) is 24.0 Å². The number of hydrogen-bond acceptors (Lipinski definition) is 4. The van der Waals surface area contributed by atoms with Crippen molar-refractivity contribution in [3.05, 3.63) is 68.8 Å². The van der Waals surface area contributed by atoms with Crippen LogP contribution in [0.1, 0.15) is 27.0 Å². The van der Waals surface area contributed by atoms with E-state index in [1.54, 1.807) is 18.2 Å². The highest BCUT2D eigenvalue weighted by Crippen LogP contribution is 2.23. The number of hydrogen-bond donors (Lipinski definition) is 1. The number of non-ortho nitro benzene ring substituents is 1. The van der Waals surface area contributed by atoms with Crippen LogP contribution in [-0.2, 0) is 0 Å². The Morgan fingerprint density at radius 3 is 2.45 bits per heavy atom. The van der Waals surface area contributed by atoms with Crippen LogP contribution < -0.4 is 5.73 Å². The Morgan fingerprint density at radius 2 is 1.80 bits per heavy atom. The van der Waals surface area contributed by atoms with Gasteiger partial charge in [0, 0.05) is 28.9 Å². The fourth-order valence-corrected chi connectivity index (χ4v) is 1.95. The first kappa shape index (κ1) is 13.7. The van der Waals surface area contributed by atoms with Crippen LogP contribution in [0.2, 0.25) is 0 Å². The number of ketones is 1. The van der Waals surface area contributed by atoms with E-state index in [2.05, 4.69) is 0 Å². The number of carbonyl (C=O) groups is 1. The molecule has 0 aliphatic carbocycles. The van der Waals surface area contributed by atoms with Crippen molar-refractivity contribution in [3.63, 3.8) is 0 Å². The zero-order chi connectivity index (χ0) is 14.9. The van der Waals surface area contributed by atoms with E-state index in [0.29, 0.717) is 11.3 Å². The quantitative estimate of drug-likeness (QED) is 0.402. The molecule has 0 aliphatic rings. The van der Waals surface area contributed by atoms with Gasteiger partial charge in [0.1, 0.15) is 0 Å². The Labute approximate surface area is 116 Å². The van der Waals surface area contributed by atoms with E-state index >= 15 is 0 Å². The topological polar surface area (TPSA) is 86.2 Å². The Balaban J connectivity index is 2.49. The summed E-state index contributed by atoms with van der Waals surface area (Å²) in [6, 6.07) is 9.09. The monoisotopic (exact) mass is 270 g/mol. The Kier molecular flexibility index (Phi) is 3.52. The normalized spacial score (nSPS) is 10.3. The third-order valence-corrected chi connectivity index (χ3v) is 3.23. The number of anilines is 1. The van der Waals surface area contributed by atoms with E-state index in [9.17, 15) is 14.9 Å². The second-order valence-corrected chi connectivity index (χ2v) is 4.66. The molecule has 5 nitrogen and oxygen atoms in total. The molecule has 5 heteroatoms. The molecule has 0 unspecified atom stereocenters. The van der Waals surface area contributed by atoms with Gasteiger partial charge in [-0.05, 0) is 37.1 Å². The molecule has 0 spiro atoms. The van der Waals surface area contributed by atoms with Gasteiger partial charge in [0.25, 0.3) is 5.69 Å². The second kappa shape index (κ2) is 5.13. The fourth-order valence-electron chi connectivity index (χ4n) is 1.95. The first-order valence-electron chi connectivity index (χ1n) is 6.06.